The van der Waals surface area contributed by atoms with Gasteiger partial charge >= 0.3 is 0 Å². The van der Waals surface area contributed by atoms with E-state index in [9.17, 15) is 9.59 Å². The Morgan fingerprint density at radius 2 is 2.00 bits per heavy atom. The molecule has 2 aliphatic rings. The number of likely N-dealkylation sites (tertiary alicyclic amines) is 1. The van der Waals surface area contributed by atoms with Crippen molar-refractivity contribution in [2.75, 3.05) is 32.7 Å². The average Bonchev–Trinajstić information content (AvgIpc) is 2.77. The highest BCUT2D eigenvalue weighted by Crippen LogP contribution is 2.17. The van der Waals surface area contributed by atoms with Crippen LogP contribution in [0, 0.1) is 11.8 Å². The van der Waals surface area contributed by atoms with Crippen LogP contribution in [0.4, 0.5) is 0 Å². The quantitative estimate of drug-likeness (QED) is 0.604. The zero-order valence-electron chi connectivity index (χ0n) is 11.5. The molecular formula is C13H24N4O2. The van der Waals surface area contributed by atoms with E-state index in [1.807, 2.05) is 4.90 Å². The highest BCUT2D eigenvalue weighted by atomic mass is 16.2. The maximum atomic E-state index is 12.1. The van der Waals surface area contributed by atoms with Gasteiger partial charge < -0.3 is 16.4 Å². The zero-order chi connectivity index (χ0) is 13.8. The van der Waals surface area contributed by atoms with Crippen molar-refractivity contribution in [2.24, 2.45) is 17.6 Å². The fourth-order valence-electron chi connectivity index (χ4n) is 2.93. The summed E-state index contributed by atoms with van der Waals surface area (Å²) in [5.41, 5.74) is 5.18. The molecule has 2 fully saturated rings. The van der Waals surface area contributed by atoms with E-state index in [0.29, 0.717) is 12.5 Å². The normalized spacial score (nSPS) is 29.3. The van der Waals surface area contributed by atoms with Crippen LogP contribution in [0.25, 0.3) is 0 Å². The first-order valence-electron chi connectivity index (χ1n) is 7.08. The molecule has 2 saturated heterocycles. The van der Waals surface area contributed by atoms with E-state index in [1.165, 1.54) is 0 Å². The van der Waals surface area contributed by atoms with Crippen LogP contribution in [-0.4, -0.2) is 55.5 Å². The van der Waals surface area contributed by atoms with Gasteiger partial charge in [-0.3, -0.25) is 14.5 Å². The average molecular weight is 268 g/mol. The minimum Gasteiger partial charge on any atom is -0.369 e. The molecule has 0 bridgehead atoms. The molecule has 2 atom stereocenters. The van der Waals surface area contributed by atoms with Crippen molar-refractivity contribution in [3.63, 3.8) is 0 Å². The molecule has 2 aliphatic heterocycles. The molecule has 4 N–H and O–H groups in total. The second-order valence-corrected chi connectivity index (χ2v) is 5.77. The summed E-state index contributed by atoms with van der Waals surface area (Å²) in [6.07, 6.45) is 1.79. The predicted molar refractivity (Wildman–Crippen MR) is 72.3 cm³/mol. The number of amides is 2. The molecule has 0 aliphatic carbocycles. The molecule has 6 heteroatoms. The molecule has 19 heavy (non-hydrogen) atoms. The van der Waals surface area contributed by atoms with Crippen molar-refractivity contribution in [3.8, 4) is 0 Å². The lowest BCUT2D eigenvalue weighted by molar-refractivity contribution is -0.126. The summed E-state index contributed by atoms with van der Waals surface area (Å²) < 4.78 is 0. The fraction of sp³-hybridized carbons (Fsp3) is 0.846. The topological polar surface area (TPSA) is 87.5 Å². The van der Waals surface area contributed by atoms with Gasteiger partial charge in [0.15, 0.2) is 0 Å². The third kappa shape index (κ3) is 3.91. The van der Waals surface area contributed by atoms with E-state index >= 15 is 0 Å². The van der Waals surface area contributed by atoms with Crippen LogP contribution >= 0.6 is 0 Å². The SMILES string of the molecule is CC1CNCC1C(=O)NC1CCN(CC(N)=O)CC1. The van der Waals surface area contributed by atoms with Crippen molar-refractivity contribution >= 4 is 11.8 Å². The minimum atomic E-state index is -0.284. The highest BCUT2D eigenvalue weighted by molar-refractivity contribution is 5.80. The Hall–Kier alpha value is -1.14. The zero-order valence-corrected chi connectivity index (χ0v) is 11.5. The molecule has 6 nitrogen and oxygen atoms in total. The summed E-state index contributed by atoms with van der Waals surface area (Å²) in [5, 5.41) is 6.39. The van der Waals surface area contributed by atoms with Crippen LogP contribution < -0.4 is 16.4 Å². The van der Waals surface area contributed by atoms with Crippen molar-refractivity contribution < 1.29 is 9.59 Å². The predicted octanol–water partition coefficient (Wildman–Crippen LogP) is -1.09. The number of hydrogen-bond donors (Lipinski definition) is 3. The van der Waals surface area contributed by atoms with Crippen molar-refractivity contribution in [1.82, 2.24) is 15.5 Å². The maximum Gasteiger partial charge on any atom is 0.231 e. The molecule has 0 radical (unpaired) electrons. The fourth-order valence-corrected chi connectivity index (χ4v) is 2.93. The van der Waals surface area contributed by atoms with Gasteiger partial charge in [-0.1, -0.05) is 6.92 Å². The molecule has 0 aromatic heterocycles. The molecule has 2 amide bonds. The molecule has 2 unspecified atom stereocenters. The van der Waals surface area contributed by atoms with Gasteiger partial charge in [0.2, 0.25) is 11.8 Å². The number of carbonyl (C=O) groups excluding carboxylic acids is 2. The van der Waals surface area contributed by atoms with Crippen LogP contribution in [0.15, 0.2) is 0 Å². The number of rotatable bonds is 4. The van der Waals surface area contributed by atoms with Gasteiger partial charge in [0.1, 0.15) is 0 Å². The molecule has 2 heterocycles. The largest absolute Gasteiger partial charge is 0.369 e. The number of hydrogen-bond acceptors (Lipinski definition) is 4. The Morgan fingerprint density at radius 3 is 2.53 bits per heavy atom. The second-order valence-electron chi connectivity index (χ2n) is 5.77. The molecule has 0 aromatic rings. The second kappa shape index (κ2) is 6.34. The van der Waals surface area contributed by atoms with Gasteiger partial charge in [0, 0.05) is 25.7 Å². The Kier molecular flexibility index (Phi) is 4.76. The highest BCUT2D eigenvalue weighted by Gasteiger charge is 2.31. The standard InChI is InChI=1S/C13H24N4O2/c1-9-6-15-7-11(9)13(19)16-10-2-4-17(5-3-10)8-12(14)18/h9-11,15H,2-8H2,1H3,(H2,14,18)(H,16,19). The Bertz CT molecular complexity index is 340. The smallest absolute Gasteiger partial charge is 0.231 e. The number of nitrogens with one attached hydrogen (secondary N) is 2. The lowest BCUT2D eigenvalue weighted by Gasteiger charge is -2.32. The van der Waals surface area contributed by atoms with Crippen molar-refractivity contribution in [2.45, 2.75) is 25.8 Å². The summed E-state index contributed by atoms with van der Waals surface area (Å²) in [6.45, 7) is 5.80. The Balaban J connectivity index is 1.73. The van der Waals surface area contributed by atoms with Gasteiger partial charge in [-0.05, 0) is 25.3 Å². The van der Waals surface area contributed by atoms with E-state index in [2.05, 4.69) is 17.6 Å². The van der Waals surface area contributed by atoms with Gasteiger partial charge in [-0.2, -0.15) is 0 Å². The lowest BCUT2D eigenvalue weighted by Crippen LogP contribution is -2.48. The molecule has 108 valence electrons. The van der Waals surface area contributed by atoms with E-state index in [4.69, 9.17) is 5.73 Å². The van der Waals surface area contributed by atoms with Crippen LogP contribution in [0.5, 0.6) is 0 Å². The monoisotopic (exact) mass is 268 g/mol. The number of piperidine rings is 1. The van der Waals surface area contributed by atoms with Crippen LogP contribution in [0.1, 0.15) is 19.8 Å². The molecule has 0 saturated carbocycles. The van der Waals surface area contributed by atoms with E-state index in [0.717, 1.165) is 39.0 Å². The summed E-state index contributed by atoms with van der Waals surface area (Å²) >= 11 is 0. The van der Waals surface area contributed by atoms with Gasteiger partial charge in [-0.25, -0.2) is 0 Å². The summed E-state index contributed by atoms with van der Waals surface area (Å²) in [6, 6.07) is 0.240. The van der Waals surface area contributed by atoms with Crippen LogP contribution in [0.3, 0.4) is 0 Å². The number of nitrogens with two attached hydrogens (primary N) is 1. The van der Waals surface area contributed by atoms with Crippen molar-refractivity contribution in [3.05, 3.63) is 0 Å². The first-order chi connectivity index (χ1) is 9.06. The molecular weight excluding hydrogens is 244 g/mol. The Morgan fingerprint density at radius 1 is 1.32 bits per heavy atom. The molecule has 0 aromatic carbocycles. The number of primary amides is 1. The van der Waals surface area contributed by atoms with Gasteiger partial charge in [0.25, 0.3) is 0 Å². The molecule has 0 spiro atoms. The van der Waals surface area contributed by atoms with E-state index < -0.39 is 0 Å². The summed E-state index contributed by atoms with van der Waals surface area (Å²) in [4.78, 5) is 25.0. The molecule has 2 rings (SSSR count). The third-order valence-corrected chi connectivity index (χ3v) is 4.17. The van der Waals surface area contributed by atoms with Crippen molar-refractivity contribution in [1.29, 1.82) is 0 Å². The summed E-state index contributed by atoms with van der Waals surface area (Å²) in [5.74, 6) is 0.401. The lowest BCUT2D eigenvalue weighted by atomic mass is 9.96. The first kappa shape index (κ1) is 14.3. The number of nitrogens with zero attached hydrogens (tertiary/aromatic N) is 1. The van der Waals surface area contributed by atoms with E-state index in [1.54, 1.807) is 0 Å². The Labute approximate surface area is 114 Å². The number of carbonyl (C=O) groups is 2. The van der Waals surface area contributed by atoms with Crippen LogP contribution in [-0.2, 0) is 9.59 Å². The van der Waals surface area contributed by atoms with Crippen LogP contribution in [0.2, 0.25) is 0 Å². The third-order valence-electron chi connectivity index (χ3n) is 4.17. The first-order valence-corrected chi connectivity index (χ1v) is 7.08. The van der Waals surface area contributed by atoms with Gasteiger partial charge in [-0.15, -0.1) is 0 Å². The van der Waals surface area contributed by atoms with Gasteiger partial charge in [0.05, 0.1) is 12.5 Å². The maximum absolute atomic E-state index is 12.1. The summed E-state index contributed by atoms with van der Waals surface area (Å²) in [7, 11) is 0. The minimum absolute atomic E-state index is 0.101. The van der Waals surface area contributed by atoms with E-state index in [-0.39, 0.29) is 23.8 Å².